The molecule has 0 saturated carbocycles. The van der Waals surface area contributed by atoms with Gasteiger partial charge < -0.3 is 24.8 Å². The molecule has 2 amide bonds. The predicted molar refractivity (Wildman–Crippen MR) is 109 cm³/mol. The number of esters is 1. The number of carbonyl (C=O) groups is 3. The van der Waals surface area contributed by atoms with Crippen LogP contribution in [0.2, 0.25) is 0 Å². The van der Waals surface area contributed by atoms with E-state index in [1.54, 1.807) is 6.92 Å². The minimum atomic E-state index is -1.10. The lowest BCUT2D eigenvalue weighted by Crippen LogP contribution is -2.61. The van der Waals surface area contributed by atoms with E-state index in [1.165, 1.54) is 4.90 Å². The Bertz CT molecular complexity index is 732. The molecule has 3 fully saturated rings. The molecule has 8 heteroatoms. The van der Waals surface area contributed by atoms with Crippen molar-refractivity contribution in [3.8, 4) is 0 Å². The normalized spacial score (nSPS) is 36.2. The van der Waals surface area contributed by atoms with Gasteiger partial charge in [0.1, 0.15) is 17.6 Å². The van der Waals surface area contributed by atoms with Crippen LogP contribution in [-0.4, -0.2) is 69.8 Å². The second kappa shape index (κ2) is 7.48. The average Bonchev–Trinajstić information content (AvgIpc) is 3.16. The molecule has 0 aromatic heterocycles. The van der Waals surface area contributed by atoms with Crippen LogP contribution in [0, 0.1) is 17.8 Å². The summed E-state index contributed by atoms with van der Waals surface area (Å²) in [5.74, 6) is -2.71. The molecule has 6 atom stereocenters. The molecular weight excluding hydrogens is 388 g/mol. The molecule has 3 rings (SSSR count). The second-order valence-corrected chi connectivity index (χ2v) is 10.5. The van der Waals surface area contributed by atoms with Gasteiger partial charge in [-0.15, -0.1) is 0 Å². The van der Waals surface area contributed by atoms with Crippen molar-refractivity contribution in [3.05, 3.63) is 0 Å². The van der Waals surface area contributed by atoms with Gasteiger partial charge in [0, 0.05) is 5.54 Å². The summed E-state index contributed by atoms with van der Waals surface area (Å²) in [5.41, 5.74) is -2.44. The number of hydrogen-bond donors (Lipinski definition) is 2. The third kappa shape index (κ3) is 3.32. The van der Waals surface area contributed by atoms with E-state index in [0.717, 1.165) is 0 Å². The number of ether oxygens (including phenoxy) is 2. The largest absolute Gasteiger partial charge is 0.466 e. The number of fused-ring (bicyclic) bond motifs is 1. The molecule has 30 heavy (non-hydrogen) atoms. The van der Waals surface area contributed by atoms with Crippen LogP contribution in [0.3, 0.4) is 0 Å². The Hall–Kier alpha value is -1.67. The van der Waals surface area contributed by atoms with Gasteiger partial charge in [0.2, 0.25) is 11.8 Å². The highest BCUT2D eigenvalue weighted by molar-refractivity contribution is 5.98. The van der Waals surface area contributed by atoms with Gasteiger partial charge in [-0.2, -0.15) is 0 Å². The lowest BCUT2D eigenvalue weighted by Gasteiger charge is -2.39. The van der Waals surface area contributed by atoms with E-state index in [9.17, 15) is 19.5 Å². The Morgan fingerprint density at radius 2 is 1.97 bits per heavy atom. The van der Waals surface area contributed by atoms with Crippen LogP contribution in [-0.2, 0) is 23.9 Å². The van der Waals surface area contributed by atoms with Crippen molar-refractivity contribution >= 4 is 17.8 Å². The van der Waals surface area contributed by atoms with Gasteiger partial charge >= 0.3 is 5.97 Å². The van der Waals surface area contributed by atoms with E-state index >= 15 is 0 Å². The van der Waals surface area contributed by atoms with Crippen LogP contribution in [0.4, 0.5) is 0 Å². The Morgan fingerprint density at radius 3 is 2.47 bits per heavy atom. The van der Waals surface area contributed by atoms with Crippen molar-refractivity contribution < 1.29 is 29.0 Å². The fraction of sp³-hybridized carbons (Fsp3) is 0.864. The number of likely N-dealkylation sites (tertiary alicyclic amines) is 1. The first-order valence-electron chi connectivity index (χ1n) is 10.9. The molecule has 8 nitrogen and oxygen atoms in total. The molecule has 0 aromatic carbocycles. The molecule has 2 bridgehead atoms. The van der Waals surface area contributed by atoms with Crippen LogP contribution in [0.15, 0.2) is 0 Å². The number of hydrogen-bond acceptors (Lipinski definition) is 6. The van der Waals surface area contributed by atoms with Crippen molar-refractivity contribution in [3.63, 3.8) is 0 Å². The van der Waals surface area contributed by atoms with E-state index in [0.29, 0.717) is 12.8 Å². The van der Waals surface area contributed by atoms with Gasteiger partial charge in [0.15, 0.2) is 0 Å². The van der Waals surface area contributed by atoms with Gasteiger partial charge in [-0.1, -0.05) is 13.8 Å². The average molecular weight is 425 g/mol. The first kappa shape index (κ1) is 23.0. The molecule has 2 unspecified atom stereocenters. The molecule has 3 aliphatic rings. The van der Waals surface area contributed by atoms with Gasteiger partial charge in [0.25, 0.3) is 0 Å². The minimum Gasteiger partial charge on any atom is -0.466 e. The predicted octanol–water partition coefficient (Wildman–Crippen LogP) is 1.25. The number of amides is 2. The lowest BCUT2D eigenvalue weighted by atomic mass is 9.66. The maximum Gasteiger partial charge on any atom is 0.312 e. The summed E-state index contributed by atoms with van der Waals surface area (Å²) in [6.45, 7) is 12.9. The molecule has 0 aliphatic carbocycles. The summed E-state index contributed by atoms with van der Waals surface area (Å²) in [5, 5.41) is 13.1. The third-order valence-corrected chi connectivity index (χ3v) is 6.82. The monoisotopic (exact) mass is 424 g/mol. The van der Waals surface area contributed by atoms with Crippen LogP contribution in [0.5, 0.6) is 0 Å². The molecule has 2 N–H and O–H groups in total. The van der Waals surface area contributed by atoms with Crippen LogP contribution < -0.4 is 5.32 Å². The van der Waals surface area contributed by atoms with Crippen molar-refractivity contribution in [1.29, 1.82) is 0 Å². The Morgan fingerprint density at radius 1 is 1.33 bits per heavy atom. The van der Waals surface area contributed by atoms with E-state index in [2.05, 4.69) is 5.32 Å². The Kier molecular flexibility index (Phi) is 5.74. The first-order valence-corrected chi connectivity index (χ1v) is 10.9. The fourth-order valence-electron chi connectivity index (χ4n) is 5.67. The standard InChI is InChI=1S/C22H36N2O6/c1-8-29-19(28)15-14-18(27)24(13(11-25)12(2)3)16(17(26)23-20(4,5)6)22(14)10-9-21(15,7)30-22/h12-16,25H,8-11H2,1-7H3,(H,23,26)/t13-,14-,15+,16?,21-,22?/m0/s1. The summed E-state index contributed by atoms with van der Waals surface area (Å²) < 4.78 is 11.8. The smallest absolute Gasteiger partial charge is 0.312 e. The number of nitrogens with one attached hydrogen (secondary N) is 1. The summed E-state index contributed by atoms with van der Waals surface area (Å²) in [4.78, 5) is 41.7. The summed E-state index contributed by atoms with van der Waals surface area (Å²) in [6, 6.07) is -1.46. The second-order valence-electron chi connectivity index (χ2n) is 10.5. The molecule has 170 valence electrons. The van der Waals surface area contributed by atoms with E-state index in [-0.39, 0.29) is 30.9 Å². The maximum atomic E-state index is 13.8. The van der Waals surface area contributed by atoms with Gasteiger partial charge in [0.05, 0.1) is 30.8 Å². The molecule has 3 heterocycles. The number of aliphatic hydroxyl groups excluding tert-OH is 1. The Balaban J connectivity index is 2.12. The van der Waals surface area contributed by atoms with E-state index in [4.69, 9.17) is 9.47 Å². The van der Waals surface area contributed by atoms with Gasteiger partial charge in [-0.3, -0.25) is 14.4 Å². The molecule has 1 spiro atoms. The van der Waals surface area contributed by atoms with Crippen molar-refractivity contribution in [1.82, 2.24) is 10.2 Å². The lowest BCUT2D eigenvalue weighted by molar-refractivity contribution is -0.160. The molecule has 0 radical (unpaired) electrons. The minimum absolute atomic E-state index is 0.0760. The summed E-state index contributed by atoms with van der Waals surface area (Å²) >= 11 is 0. The van der Waals surface area contributed by atoms with Gasteiger partial charge in [-0.25, -0.2) is 0 Å². The highest BCUT2D eigenvalue weighted by Gasteiger charge is 2.79. The summed E-state index contributed by atoms with van der Waals surface area (Å²) in [7, 11) is 0. The van der Waals surface area contributed by atoms with Crippen LogP contribution >= 0.6 is 0 Å². The highest BCUT2D eigenvalue weighted by Crippen LogP contribution is 2.63. The number of carbonyl (C=O) groups excluding carboxylic acids is 3. The summed E-state index contributed by atoms with van der Waals surface area (Å²) in [6.07, 6.45) is 1.07. The van der Waals surface area contributed by atoms with E-state index in [1.807, 2.05) is 41.5 Å². The topological polar surface area (TPSA) is 105 Å². The quantitative estimate of drug-likeness (QED) is 0.622. The molecule has 3 aliphatic heterocycles. The Labute approximate surface area is 178 Å². The first-order chi connectivity index (χ1) is 13.8. The van der Waals surface area contributed by atoms with Crippen molar-refractivity contribution in [2.24, 2.45) is 17.8 Å². The zero-order valence-electron chi connectivity index (χ0n) is 19.2. The fourth-order valence-corrected chi connectivity index (χ4v) is 5.67. The number of aliphatic hydroxyl groups is 1. The van der Waals surface area contributed by atoms with Crippen LogP contribution in [0.1, 0.15) is 61.3 Å². The number of nitrogens with zero attached hydrogens (tertiary/aromatic N) is 1. The molecular formula is C22H36N2O6. The van der Waals surface area contributed by atoms with E-state index < -0.39 is 46.6 Å². The number of rotatable bonds is 6. The van der Waals surface area contributed by atoms with Crippen molar-refractivity contribution in [2.45, 2.75) is 90.1 Å². The van der Waals surface area contributed by atoms with Gasteiger partial charge in [-0.05, 0) is 53.4 Å². The maximum absolute atomic E-state index is 13.8. The highest BCUT2D eigenvalue weighted by atomic mass is 16.6. The zero-order chi connectivity index (χ0) is 22.6. The zero-order valence-corrected chi connectivity index (χ0v) is 19.2. The SMILES string of the molecule is CCOC(=O)[C@H]1[C@H]2C(=O)N([C@@H](CO)C(C)C)C(C(=O)NC(C)(C)C)C23CC[C@]1(C)O3. The third-order valence-electron chi connectivity index (χ3n) is 6.82. The van der Waals surface area contributed by atoms with Crippen LogP contribution in [0.25, 0.3) is 0 Å². The molecule has 0 aromatic rings. The molecule has 3 saturated heterocycles. The van der Waals surface area contributed by atoms with Crippen molar-refractivity contribution in [2.75, 3.05) is 13.2 Å².